The van der Waals surface area contributed by atoms with Gasteiger partial charge in [0.05, 0.1) is 0 Å². The zero-order valence-corrected chi connectivity index (χ0v) is 15.2. The normalized spacial score (nSPS) is 14.1. The first-order valence-corrected chi connectivity index (χ1v) is 8.51. The van der Waals surface area contributed by atoms with Gasteiger partial charge in [-0.2, -0.15) is 28.1 Å². The molecule has 9 heteroatoms. The van der Waals surface area contributed by atoms with Crippen LogP contribution in [0, 0.1) is 0 Å². The highest BCUT2D eigenvalue weighted by Crippen LogP contribution is 2.29. The Labute approximate surface area is 150 Å². The maximum absolute atomic E-state index is 12.9. The van der Waals surface area contributed by atoms with Crippen LogP contribution in [0.5, 0.6) is 0 Å². The number of halogens is 3. The number of hydrogen-bond donors (Lipinski definition) is 1. The Balaban J connectivity index is 2.53. The lowest BCUT2D eigenvalue weighted by Gasteiger charge is -2.34. The average Bonchev–Trinajstić information content (AvgIpc) is 2.60. The third-order valence-corrected chi connectivity index (χ3v) is 4.27. The molecule has 2 N–H and O–H groups in total. The fourth-order valence-corrected chi connectivity index (χ4v) is 2.55. The number of nitrogens with zero attached hydrogens (tertiary/aromatic N) is 5. The Hall–Kier alpha value is -2.45. The molecule has 0 aromatic carbocycles. The summed E-state index contributed by atoms with van der Waals surface area (Å²) in [6, 6.07) is 3.86. The third-order valence-electron chi connectivity index (χ3n) is 4.27. The van der Waals surface area contributed by atoms with E-state index in [9.17, 15) is 13.2 Å². The lowest BCUT2D eigenvalue weighted by molar-refractivity contribution is -0.141. The van der Waals surface area contributed by atoms with Gasteiger partial charge in [0.1, 0.15) is 11.4 Å². The first-order valence-electron chi connectivity index (χ1n) is 8.51. The summed E-state index contributed by atoms with van der Waals surface area (Å²) in [6.45, 7) is 8.16. The predicted molar refractivity (Wildman–Crippen MR) is 94.5 cm³/mol. The molecule has 2 aromatic rings. The molecule has 2 aromatic heterocycles. The summed E-state index contributed by atoms with van der Waals surface area (Å²) in [4.78, 5) is 18.2. The fraction of sp³-hybridized carbons (Fsp3) is 0.529. The highest BCUT2D eigenvalue weighted by molar-refractivity contribution is 5.54. The van der Waals surface area contributed by atoms with Crippen molar-refractivity contribution in [2.24, 2.45) is 0 Å². The van der Waals surface area contributed by atoms with Crippen LogP contribution in [0.2, 0.25) is 0 Å². The molecule has 2 atom stereocenters. The van der Waals surface area contributed by atoms with Crippen LogP contribution in [0.3, 0.4) is 0 Å². The van der Waals surface area contributed by atoms with Crippen LogP contribution in [0.25, 0.3) is 11.5 Å². The first kappa shape index (κ1) is 19.9. The van der Waals surface area contributed by atoms with Gasteiger partial charge >= 0.3 is 6.18 Å². The van der Waals surface area contributed by atoms with Gasteiger partial charge in [0.25, 0.3) is 0 Å². The van der Waals surface area contributed by atoms with Crippen molar-refractivity contribution >= 4 is 11.9 Å². The second kappa shape index (κ2) is 7.84. The highest BCUT2D eigenvalue weighted by atomic mass is 19.4. The number of hydrogen-bond acceptors (Lipinski definition) is 6. The van der Waals surface area contributed by atoms with Gasteiger partial charge in [0.15, 0.2) is 5.82 Å². The van der Waals surface area contributed by atoms with E-state index in [1.807, 2.05) is 32.6 Å². The summed E-state index contributed by atoms with van der Waals surface area (Å²) in [5.41, 5.74) is 4.80. The van der Waals surface area contributed by atoms with Crippen molar-refractivity contribution in [2.45, 2.75) is 58.8 Å². The van der Waals surface area contributed by atoms with Crippen LogP contribution in [-0.4, -0.2) is 32.0 Å². The molecular formula is C17H23F3N6. The molecule has 0 saturated carbocycles. The van der Waals surface area contributed by atoms with E-state index in [1.165, 1.54) is 12.1 Å². The fourth-order valence-electron chi connectivity index (χ4n) is 2.55. The molecule has 0 spiro atoms. The van der Waals surface area contributed by atoms with E-state index < -0.39 is 11.9 Å². The van der Waals surface area contributed by atoms with Gasteiger partial charge in [-0.3, -0.25) is 0 Å². The zero-order chi connectivity index (χ0) is 19.5. The minimum Gasteiger partial charge on any atom is -0.368 e. The van der Waals surface area contributed by atoms with Gasteiger partial charge in [-0.05, 0) is 38.8 Å². The summed E-state index contributed by atoms with van der Waals surface area (Å²) in [6.07, 6.45) is -2.84. The number of rotatable bonds is 6. The molecule has 0 saturated heterocycles. The van der Waals surface area contributed by atoms with Crippen LogP contribution in [0.1, 0.15) is 46.2 Å². The van der Waals surface area contributed by atoms with E-state index in [0.29, 0.717) is 5.95 Å². The van der Waals surface area contributed by atoms with E-state index in [1.54, 1.807) is 0 Å². The van der Waals surface area contributed by atoms with Crippen LogP contribution in [0.15, 0.2) is 18.2 Å². The molecule has 2 rings (SSSR count). The number of anilines is 2. The number of alkyl halides is 3. The Morgan fingerprint density at radius 2 is 1.62 bits per heavy atom. The van der Waals surface area contributed by atoms with Crippen LogP contribution >= 0.6 is 0 Å². The highest BCUT2D eigenvalue weighted by Gasteiger charge is 2.33. The topological polar surface area (TPSA) is 80.8 Å². The van der Waals surface area contributed by atoms with Crippen molar-refractivity contribution in [3.63, 3.8) is 0 Å². The van der Waals surface area contributed by atoms with Gasteiger partial charge < -0.3 is 10.6 Å². The predicted octanol–water partition coefficient (Wildman–Crippen LogP) is 3.94. The van der Waals surface area contributed by atoms with E-state index in [-0.39, 0.29) is 29.6 Å². The number of aromatic nitrogens is 4. The smallest absolute Gasteiger partial charge is 0.368 e. The van der Waals surface area contributed by atoms with Crippen molar-refractivity contribution in [1.29, 1.82) is 0 Å². The number of nitrogen functional groups attached to an aromatic ring is 1. The monoisotopic (exact) mass is 368 g/mol. The molecular weight excluding hydrogens is 345 g/mol. The zero-order valence-electron chi connectivity index (χ0n) is 15.2. The van der Waals surface area contributed by atoms with Crippen molar-refractivity contribution in [3.05, 3.63) is 23.9 Å². The number of pyridine rings is 1. The van der Waals surface area contributed by atoms with E-state index in [4.69, 9.17) is 5.73 Å². The van der Waals surface area contributed by atoms with Gasteiger partial charge in [-0.1, -0.05) is 19.9 Å². The molecule has 0 fully saturated rings. The van der Waals surface area contributed by atoms with Crippen molar-refractivity contribution in [2.75, 3.05) is 10.6 Å². The lowest BCUT2D eigenvalue weighted by Crippen LogP contribution is -2.41. The van der Waals surface area contributed by atoms with E-state index in [2.05, 4.69) is 19.9 Å². The summed E-state index contributed by atoms with van der Waals surface area (Å²) >= 11 is 0. The van der Waals surface area contributed by atoms with Crippen molar-refractivity contribution < 1.29 is 13.2 Å². The van der Waals surface area contributed by atoms with E-state index in [0.717, 1.165) is 18.9 Å². The molecule has 0 aliphatic heterocycles. The van der Waals surface area contributed by atoms with Crippen LogP contribution in [0.4, 0.5) is 25.1 Å². The molecule has 142 valence electrons. The largest absolute Gasteiger partial charge is 0.433 e. The quantitative estimate of drug-likeness (QED) is 0.832. The first-order chi connectivity index (χ1) is 12.2. The molecule has 2 heterocycles. The molecule has 0 bridgehead atoms. The summed E-state index contributed by atoms with van der Waals surface area (Å²) in [5.74, 6) is 0.312. The van der Waals surface area contributed by atoms with Gasteiger partial charge in [0, 0.05) is 12.1 Å². The molecule has 26 heavy (non-hydrogen) atoms. The van der Waals surface area contributed by atoms with Crippen LogP contribution < -0.4 is 10.6 Å². The maximum atomic E-state index is 12.9. The minimum absolute atomic E-state index is 0.00317. The maximum Gasteiger partial charge on any atom is 0.433 e. The van der Waals surface area contributed by atoms with Gasteiger partial charge in [0.2, 0.25) is 11.9 Å². The molecule has 0 aliphatic rings. The summed E-state index contributed by atoms with van der Waals surface area (Å²) in [7, 11) is 0. The third kappa shape index (κ3) is 4.39. The van der Waals surface area contributed by atoms with Crippen LogP contribution in [-0.2, 0) is 6.18 Å². The van der Waals surface area contributed by atoms with Gasteiger partial charge in [-0.15, -0.1) is 0 Å². The van der Waals surface area contributed by atoms with Crippen molar-refractivity contribution in [1.82, 2.24) is 19.9 Å². The minimum atomic E-state index is -4.54. The second-order valence-electron chi connectivity index (χ2n) is 6.14. The Morgan fingerprint density at radius 3 is 2.15 bits per heavy atom. The lowest BCUT2D eigenvalue weighted by atomic mass is 10.1. The number of nitrogens with two attached hydrogens (primary N) is 1. The SMILES string of the molecule is CCC(C)N(c1nc(N)nc(-c2cccc(C(F)(F)F)n2)n1)C(C)CC. The summed E-state index contributed by atoms with van der Waals surface area (Å²) in [5, 5.41) is 0. The standard InChI is InChI=1S/C17H23F3N6/c1-5-10(3)26(11(4)6-2)16-24-14(23-15(21)25-16)12-8-7-9-13(22-12)17(18,19)20/h7-11H,5-6H2,1-4H3,(H2,21,23,24,25). The molecule has 0 aliphatic carbocycles. The Bertz CT molecular complexity index is 740. The molecule has 6 nitrogen and oxygen atoms in total. The Kier molecular flexibility index (Phi) is 5.99. The molecule has 2 unspecified atom stereocenters. The molecule has 0 amide bonds. The average molecular weight is 368 g/mol. The second-order valence-corrected chi connectivity index (χ2v) is 6.14. The van der Waals surface area contributed by atoms with Crippen molar-refractivity contribution in [3.8, 4) is 11.5 Å². The van der Waals surface area contributed by atoms with Gasteiger partial charge in [-0.25, -0.2) is 4.98 Å². The Morgan fingerprint density at radius 1 is 1.00 bits per heavy atom. The summed E-state index contributed by atoms with van der Waals surface area (Å²) < 4.78 is 38.8. The van der Waals surface area contributed by atoms with E-state index >= 15 is 0 Å². The molecule has 0 radical (unpaired) electrons.